The van der Waals surface area contributed by atoms with Gasteiger partial charge in [0, 0.05) is 0 Å². The summed E-state index contributed by atoms with van der Waals surface area (Å²) in [6, 6.07) is 1.96. The number of hydrogen-bond acceptors (Lipinski definition) is 3. The maximum atomic E-state index is 9.10. The van der Waals surface area contributed by atoms with Gasteiger partial charge in [-0.3, -0.25) is 0 Å². The lowest BCUT2D eigenvalue weighted by Gasteiger charge is -2.40. The molecule has 1 N–H and O–H groups in total. The van der Waals surface area contributed by atoms with E-state index in [1.807, 2.05) is 6.07 Å². The molecule has 1 atom stereocenters. The zero-order chi connectivity index (χ0) is 17.8. The molecule has 1 aromatic rings. The minimum Gasteiger partial charge on any atom is -0.467 e. The first kappa shape index (κ1) is 19.5. The molecular formula is C20H34O3Si. The molecule has 1 aliphatic carbocycles. The molecule has 1 aromatic heterocycles. The molecule has 1 aliphatic rings. The Labute approximate surface area is 148 Å². The number of rotatable bonds is 8. The van der Waals surface area contributed by atoms with Crippen LogP contribution in [0.25, 0.3) is 0 Å². The summed E-state index contributed by atoms with van der Waals surface area (Å²) >= 11 is 0. The van der Waals surface area contributed by atoms with Gasteiger partial charge in [0.15, 0.2) is 8.32 Å². The third kappa shape index (κ3) is 5.07. The van der Waals surface area contributed by atoms with Crippen molar-refractivity contribution in [2.45, 2.75) is 90.1 Å². The number of aliphatic hydroxyl groups excluding tert-OH is 1. The number of hydrogen-bond donors (Lipinski definition) is 1. The summed E-state index contributed by atoms with van der Waals surface area (Å²) in [5.41, 5.74) is 2.69. The van der Waals surface area contributed by atoms with Gasteiger partial charge in [-0.1, -0.05) is 26.8 Å². The average molecular weight is 351 g/mol. The van der Waals surface area contributed by atoms with Crippen molar-refractivity contribution in [2.24, 2.45) is 0 Å². The number of allylic oxidation sites excluding steroid dienone is 1. The van der Waals surface area contributed by atoms with E-state index in [1.54, 1.807) is 6.26 Å². The van der Waals surface area contributed by atoms with E-state index in [0.717, 1.165) is 19.3 Å². The first-order valence-corrected chi connectivity index (χ1v) is 12.2. The van der Waals surface area contributed by atoms with E-state index >= 15 is 0 Å². The van der Waals surface area contributed by atoms with Crippen LogP contribution in [0.4, 0.5) is 0 Å². The molecule has 4 heteroatoms. The van der Waals surface area contributed by atoms with E-state index in [4.69, 9.17) is 13.9 Å². The lowest BCUT2D eigenvalue weighted by molar-refractivity contribution is 0.198. The Morgan fingerprint density at radius 1 is 1.33 bits per heavy atom. The Morgan fingerprint density at radius 3 is 2.62 bits per heavy atom. The van der Waals surface area contributed by atoms with Crippen molar-refractivity contribution in [1.29, 1.82) is 0 Å². The van der Waals surface area contributed by atoms with Crippen LogP contribution in [-0.4, -0.2) is 19.5 Å². The summed E-state index contributed by atoms with van der Waals surface area (Å²) in [6.45, 7) is 11.6. The van der Waals surface area contributed by atoms with Gasteiger partial charge in [0.05, 0.1) is 12.4 Å². The summed E-state index contributed by atoms with van der Waals surface area (Å²) in [5, 5.41) is 9.34. The molecule has 0 aromatic carbocycles. The monoisotopic (exact) mass is 350 g/mol. The molecule has 0 radical (unpaired) electrons. The van der Waals surface area contributed by atoms with E-state index in [0.29, 0.717) is 5.76 Å². The molecule has 0 fully saturated rings. The average Bonchev–Trinajstić information content (AvgIpc) is 3.16. The van der Waals surface area contributed by atoms with Crippen molar-refractivity contribution in [3.63, 3.8) is 0 Å². The predicted molar refractivity (Wildman–Crippen MR) is 102 cm³/mol. The summed E-state index contributed by atoms with van der Waals surface area (Å²) in [5.74, 6) is 0.651. The molecule has 0 aliphatic heterocycles. The van der Waals surface area contributed by atoms with Gasteiger partial charge in [0.25, 0.3) is 0 Å². The molecule has 1 heterocycles. The first-order valence-electron chi connectivity index (χ1n) is 9.27. The molecule has 24 heavy (non-hydrogen) atoms. The zero-order valence-corrected chi connectivity index (χ0v) is 17.0. The fourth-order valence-electron chi connectivity index (χ4n) is 2.97. The molecule has 0 spiro atoms. The topological polar surface area (TPSA) is 42.6 Å². The molecular weight excluding hydrogens is 316 g/mol. The summed E-state index contributed by atoms with van der Waals surface area (Å²) in [6.07, 6.45) is 11.2. The van der Waals surface area contributed by atoms with Gasteiger partial charge < -0.3 is 13.9 Å². The van der Waals surface area contributed by atoms with Crippen LogP contribution in [0, 0.1) is 0 Å². The molecule has 0 amide bonds. The Balaban J connectivity index is 1.96. The van der Waals surface area contributed by atoms with Crippen molar-refractivity contribution in [3.8, 4) is 0 Å². The lowest BCUT2D eigenvalue weighted by atomic mass is 10.0. The molecule has 0 saturated heterocycles. The van der Waals surface area contributed by atoms with Crippen LogP contribution < -0.4 is 0 Å². The highest BCUT2D eigenvalue weighted by atomic mass is 28.4. The summed E-state index contributed by atoms with van der Waals surface area (Å²) in [7, 11) is -1.76. The fraction of sp³-hybridized carbons (Fsp3) is 0.700. The quantitative estimate of drug-likeness (QED) is 0.490. The van der Waals surface area contributed by atoms with Gasteiger partial charge in [-0.05, 0) is 73.9 Å². The van der Waals surface area contributed by atoms with Crippen molar-refractivity contribution < 1.29 is 13.9 Å². The Bertz CT molecular complexity index is 551. The van der Waals surface area contributed by atoms with Crippen LogP contribution in [0.15, 0.2) is 28.4 Å². The van der Waals surface area contributed by atoms with Gasteiger partial charge in [-0.25, -0.2) is 0 Å². The number of aryl methyl sites for hydroxylation is 1. The van der Waals surface area contributed by atoms with Crippen LogP contribution >= 0.6 is 0 Å². The molecule has 0 bridgehead atoms. The zero-order valence-electron chi connectivity index (χ0n) is 16.0. The fourth-order valence-corrected chi connectivity index (χ4v) is 4.31. The van der Waals surface area contributed by atoms with E-state index in [-0.39, 0.29) is 17.7 Å². The smallest absolute Gasteiger partial charge is 0.192 e. The van der Waals surface area contributed by atoms with Gasteiger partial charge in [0.1, 0.15) is 12.4 Å². The molecule has 2 rings (SSSR count). The minimum atomic E-state index is -1.76. The van der Waals surface area contributed by atoms with Crippen molar-refractivity contribution in [3.05, 3.63) is 35.3 Å². The van der Waals surface area contributed by atoms with Crippen LogP contribution in [0.1, 0.15) is 64.2 Å². The number of aliphatic hydroxyl groups is 1. The van der Waals surface area contributed by atoms with Crippen molar-refractivity contribution >= 4 is 8.32 Å². The van der Waals surface area contributed by atoms with Crippen molar-refractivity contribution in [1.82, 2.24) is 0 Å². The number of furan rings is 1. The largest absolute Gasteiger partial charge is 0.467 e. The lowest BCUT2D eigenvalue weighted by Crippen LogP contribution is -2.44. The van der Waals surface area contributed by atoms with E-state index in [2.05, 4.69) is 39.9 Å². The second kappa shape index (κ2) is 8.02. The third-order valence-electron chi connectivity index (χ3n) is 5.53. The van der Waals surface area contributed by atoms with Crippen molar-refractivity contribution in [2.75, 3.05) is 0 Å². The van der Waals surface area contributed by atoms with Crippen LogP contribution in [0.5, 0.6) is 0 Å². The van der Waals surface area contributed by atoms with Crippen LogP contribution in [-0.2, 0) is 17.5 Å². The molecule has 136 valence electrons. The Morgan fingerprint density at radius 2 is 2.08 bits per heavy atom. The molecule has 1 unspecified atom stereocenters. The molecule has 3 nitrogen and oxygen atoms in total. The van der Waals surface area contributed by atoms with E-state index in [1.165, 1.54) is 30.4 Å². The second-order valence-electron chi connectivity index (χ2n) is 8.51. The second-order valence-corrected chi connectivity index (χ2v) is 13.3. The maximum absolute atomic E-state index is 9.10. The Kier molecular flexibility index (Phi) is 6.51. The maximum Gasteiger partial charge on any atom is 0.192 e. The standard InChI is InChI=1S/C20H34O3Si/c1-20(2,3)24(4,5)23-19(17-10-6-7-11-17)12-8-9-16-13-18(14-21)22-15-16/h10,13,15,19,21H,6-9,11-12,14H2,1-5H3. The third-order valence-corrected chi connectivity index (χ3v) is 10.0. The minimum absolute atomic E-state index is 0.0238. The highest BCUT2D eigenvalue weighted by Crippen LogP contribution is 2.39. The van der Waals surface area contributed by atoms with Gasteiger partial charge >= 0.3 is 0 Å². The SMILES string of the molecule is CC(C)(C)[Si](C)(C)OC(CCCc1coc(CO)c1)C1=CCCC1. The van der Waals surface area contributed by atoms with E-state index in [9.17, 15) is 0 Å². The predicted octanol–water partition coefficient (Wildman–Crippen LogP) is 5.60. The van der Waals surface area contributed by atoms with Gasteiger partial charge in [-0.2, -0.15) is 0 Å². The van der Waals surface area contributed by atoms with Crippen LogP contribution in [0.2, 0.25) is 18.1 Å². The Hall–Kier alpha value is -0.843. The van der Waals surface area contributed by atoms with Gasteiger partial charge in [0.2, 0.25) is 0 Å². The van der Waals surface area contributed by atoms with Gasteiger partial charge in [-0.15, -0.1) is 0 Å². The highest BCUT2D eigenvalue weighted by Gasteiger charge is 2.39. The van der Waals surface area contributed by atoms with E-state index < -0.39 is 8.32 Å². The molecule has 0 saturated carbocycles. The summed E-state index contributed by atoms with van der Waals surface area (Å²) < 4.78 is 12.1. The van der Waals surface area contributed by atoms with Crippen LogP contribution in [0.3, 0.4) is 0 Å². The normalized spacial score (nSPS) is 17.2. The highest BCUT2D eigenvalue weighted by molar-refractivity contribution is 6.74. The summed E-state index contributed by atoms with van der Waals surface area (Å²) in [4.78, 5) is 0. The first-order chi connectivity index (χ1) is 11.2.